The lowest BCUT2D eigenvalue weighted by Crippen LogP contribution is -2.25. The fourth-order valence-electron chi connectivity index (χ4n) is 2.38. The molecule has 1 atom stereocenters. The summed E-state index contributed by atoms with van der Waals surface area (Å²) in [4.78, 5) is 8.16. The molecule has 1 aliphatic heterocycles. The van der Waals surface area contributed by atoms with Gasteiger partial charge in [0.1, 0.15) is 24.9 Å². The van der Waals surface area contributed by atoms with Gasteiger partial charge in [0.2, 0.25) is 0 Å². The lowest BCUT2D eigenvalue weighted by atomic mass is 10.2. The number of fused-ring (bicyclic) bond motifs is 1. The summed E-state index contributed by atoms with van der Waals surface area (Å²) in [5.74, 6) is 0.993. The van der Waals surface area contributed by atoms with Gasteiger partial charge < -0.3 is 24.7 Å². The van der Waals surface area contributed by atoms with Crippen molar-refractivity contribution in [2.24, 2.45) is 0 Å². The highest BCUT2D eigenvalue weighted by atomic mass is 16.7. The quantitative estimate of drug-likeness (QED) is 0.920. The molecule has 7 nitrogen and oxygen atoms in total. The van der Waals surface area contributed by atoms with Crippen LogP contribution in [0.3, 0.4) is 0 Å². The summed E-state index contributed by atoms with van der Waals surface area (Å²) in [5.41, 5.74) is 6.59. The third-order valence-electron chi connectivity index (χ3n) is 3.44. The molecule has 0 spiro atoms. The van der Waals surface area contributed by atoms with Crippen molar-refractivity contribution in [3.63, 3.8) is 0 Å². The van der Waals surface area contributed by atoms with Gasteiger partial charge in [0.05, 0.1) is 19.2 Å². The Labute approximate surface area is 128 Å². The van der Waals surface area contributed by atoms with Gasteiger partial charge in [-0.25, -0.2) is 9.97 Å². The van der Waals surface area contributed by atoms with Crippen LogP contribution in [0.2, 0.25) is 0 Å². The maximum absolute atomic E-state index is 5.88. The summed E-state index contributed by atoms with van der Waals surface area (Å²) >= 11 is 0. The Balaban J connectivity index is 1.82. The van der Waals surface area contributed by atoms with Crippen molar-refractivity contribution in [1.29, 1.82) is 0 Å². The molecule has 1 aliphatic rings. The van der Waals surface area contributed by atoms with E-state index in [0.717, 1.165) is 5.39 Å². The molecular formula is C15H19N3O4. The van der Waals surface area contributed by atoms with Crippen LogP contribution < -0.4 is 15.2 Å². The first-order valence-corrected chi connectivity index (χ1v) is 7.01. The van der Waals surface area contributed by atoms with E-state index in [0.29, 0.717) is 36.0 Å². The van der Waals surface area contributed by atoms with E-state index in [1.165, 1.54) is 6.33 Å². The number of benzene rings is 1. The molecule has 118 valence electrons. The largest absolute Gasteiger partial charge is 0.493 e. The van der Waals surface area contributed by atoms with Gasteiger partial charge in [0.15, 0.2) is 17.3 Å². The molecule has 0 saturated carbocycles. The van der Waals surface area contributed by atoms with Crippen LogP contribution in [0.4, 0.5) is 5.82 Å². The number of anilines is 1. The number of rotatable bonds is 4. The Hall–Kier alpha value is -2.12. The number of nitrogens with two attached hydrogens (primary N) is 1. The number of nitrogen functional groups attached to an aromatic ring is 1. The molecule has 2 aromatic rings. The molecular weight excluding hydrogens is 286 g/mol. The van der Waals surface area contributed by atoms with Crippen molar-refractivity contribution >= 4 is 16.7 Å². The highest BCUT2D eigenvalue weighted by Crippen LogP contribution is 2.33. The summed E-state index contributed by atoms with van der Waals surface area (Å²) in [7, 11) is 1.58. The predicted octanol–water partition coefficient (Wildman–Crippen LogP) is 1.75. The normalized spacial score (nSPS) is 20.2. The highest BCUT2D eigenvalue weighted by molar-refractivity contribution is 5.90. The van der Waals surface area contributed by atoms with Gasteiger partial charge in [-0.3, -0.25) is 0 Å². The number of hydrogen-bond donors (Lipinski definition) is 1. The molecule has 1 unspecified atom stereocenters. The second-order valence-electron chi connectivity index (χ2n) is 5.54. The summed E-state index contributed by atoms with van der Waals surface area (Å²) in [5, 5.41) is 0.724. The molecule has 7 heteroatoms. The Morgan fingerprint density at radius 1 is 1.32 bits per heavy atom. The average molecular weight is 305 g/mol. The molecule has 0 bridgehead atoms. The van der Waals surface area contributed by atoms with Crippen molar-refractivity contribution in [1.82, 2.24) is 9.97 Å². The molecule has 22 heavy (non-hydrogen) atoms. The Kier molecular flexibility index (Phi) is 3.76. The second kappa shape index (κ2) is 5.58. The van der Waals surface area contributed by atoms with Gasteiger partial charge >= 0.3 is 0 Å². The maximum atomic E-state index is 5.88. The molecule has 1 saturated heterocycles. The van der Waals surface area contributed by atoms with E-state index in [1.807, 2.05) is 13.8 Å². The van der Waals surface area contributed by atoms with E-state index >= 15 is 0 Å². The van der Waals surface area contributed by atoms with Gasteiger partial charge in [-0.1, -0.05) is 0 Å². The van der Waals surface area contributed by atoms with Gasteiger partial charge in [-0.15, -0.1) is 0 Å². The third-order valence-corrected chi connectivity index (χ3v) is 3.44. The molecule has 2 N–H and O–H groups in total. The van der Waals surface area contributed by atoms with Gasteiger partial charge in [-0.05, 0) is 19.9 Å². The van der Waals surface area contributed by atoms with Crippen LogP contribution in [0.1, 0.15) is 13.8 Å². The number of hydrogen-bond acceptors (Lipinski definition) is 7. The van der Waals surface area contributed by atoms with Gasteiger partial charge in [0, 0.05) is 11.5 Å². The molecule has 1 aromatic heterocycles. The molecule has 1 fully saturated rings. The first kappa shape index (κ1) is 14.8. The molecule has 3 rings (SSSR count). The molecule has 0 radical (unpaired) electrons. The van der Waals surface area contributed by atoms with E-state index < -0.39 is 5.79 Å². The first-order chi connectivity index (χ1) is 10.5. The molecule has 0 aliphatic carbocycles. The fourth-order valence-corrected chi connectivity index (χ4v) is 2.38. The van der Waals surface area contributed by atoms with Crippen LogP contribution in [-0.4, -0.2) is 42.2 Å². The van der Waals surface area contributed by atoms with E-state index in [2.05, 4.69) is 9.97 Å². The van der Waals surface area contributed by atoms with Crippen LogP contribution in [0.5, 0.6) is 11.5 Å². The minimum atomic E-state index is -0.570. The standard InChI is InChI=1S/C15H19N3O4/c1-15(2)21-7-9(22-15)6-20-13-4-10-11(5-12(13)19-3)17-8-18-14(10)16/h4-5,8-9H,6-7H2,1-3H3,(H2,16,17,18). The van der Waals surface area contributed by atoms with Crippen LogP contribution >= 0.6 is 0 Å². The average Bonchev–Trinajstić information content (AvgIpc) is 2.84. The minimum Gasteiger partial charge on any atom is -0.493 e. The van der Waals surface area contributed by atoms with Crippen molar-refractivity contribution in [2.45, 2.75) is 25.7 Å². The van der Waals surface area contributed by atoms with Crippen LogP contribution in [0.15, 0.2) is 18.5 Å². The Bertz CT molecular complexity index is 690. The van der Waals surface area contributed by atoms with Crippen LogP contribution in [0, 0.1) is 0 Å². The third kappa shape index (κ3) is 2.90. The Morgan fingerprint density at radius 2 is 2.14 bits per heavy atom. The SMILES string of the molecule is COc1cc2ncnc(N)c2cc1OCC1COC(C)(C)O1. The zero-order valence-electron chi connectivity index (χ0n) is 12.8. The van der Waals surface area contributed by atoms with Crippen molar-refractivity contribution < 1.29 is 18.9 Å². The minimum absolute atomic E-state index is 0.125. The summed E-state index contributed by atoms with van der Waals surface area (Å²) in [6.07, 6.45) is 1.29. The molecule has 1 aromatic carbocycles. The Morgan fingerprint density at radius 3 is 2.82 bits per heavy atom. The monoisotopic (exact) mass is 305 g/mol. The summed E-state index contributed by atoms with van der Waals surface area (Å²) in [6, 6.07) is 3.56. The number of ether oxygens (including phenoxy) is 4. The van der Waals surface area contributed by atoms with Crippen molar-refractivity contribution in [3.8, 4) is 11.5 Å². The van der Waals surface area contributed by atoms with E-state index in [4.69, 9.17) is 24.7 Å². The van der Waals surface area contributed by atoms with E-state index in [1.54, 1.807) is 19.2 Å². The summed E-state index contributed by atoms with van der Waals surface area (Å²) < 4.78 is 22.4. The van der Waals surface area contributed by atoms with Crippen LogP contribution in [-0.2, 0) is 9.47 Å². The maximum Gasteiger partial charge on any atom is 0.163 e. The predicted molar refractivity (Wildman–Crippen MR) is 80.9 cm³/mol. The lowest BCUT2D eigenvalue weighted by Gasteiger charge is -2.18. The first-order valence-electron chi connectivity index (χ1n) is 7.01. The van der Waals surface area contributed by atoms with E-state index in [-0.39, 0.29) is 6.10 Å². The van der Waals surface area contributed by atoms with Gasteiger partial charge in [-0.2, -0.15) is 0 Å². The number of aromatic nitrogens is 2. The lowest BCUT2D eigenvalue weighted by molar-refractivity contribution is -0.141. The zero-order chi connectivity index (χ0) is 15.7. The van der Waals surface area contributed by atoms with Gasteiger partial charge in [0.25, 0.3) is 0 Å². The molecule has 2 heterocycles. The zero-order valence-corrected chi connectivity index (χ0v) is 12.8. The number of nitrogens with zero attached hydrogens (tertiary/aromatic N) is 2. The van der Waals surface area contributed by atoms with Crippen molar-refractivity contribution in [2.75, 3.05) is 26.1 Å². The van der Waals surface area contributed by atoms with Crippen LogP contribution in [0.25, 0.3) is 10.9 Å². The second-order valence-corrected chi connectivity index (χ2v) is 5.54. The topological polar surface area (TPSA) is 88.7 Å². The number of methoxy groups -OCH3 is 1. The fraction of sp³-hybridized carbons (Fsp3) is 0.467. The highest BCUT2D eigenvalue weighted by Gasteiger charge is 2.33. The van der Waals surface area contributed by atoms with E-state index in [9.17, 15) is 0 Å². The smallest absolute Gasteiger partial charge is 0.163 e. The van der Waals surface area contributed by atoms with Crippen molar-refractivity contribution in [3.05, 3.63) is 18.5 Å². The summed E-state index contributed by atoms with van der Waals surface area (Å²) in [6.45, 7) is 4.61. The molecule has 0 amide bonds.